The first-order valence-corrected chi connectivity index (χ1v) is 8.11. The van der Waals surface area contributed by atoms with Gasteiger partial charge in [-0.2, -0.15) is 0 Å². The highest BCUT2D eigenvalue weighted by molar-refractivity contribution is 5.99. The van der Waals surface area contributed by atoms with Crippen LogP contribution >= 0.6 is 0 Å². The van der Waals surface area contributed by atoms with E-state index in [0.29, 0.717) is 24.4 Å². The summed E-state index contributed by atoms with van der Waals surface area (Å²) in [6.07, 6.45) is 2.73. The van der Waals surface area contributed by atoms with Gasteiger partial charge in [0.05, 0.1) is 5.56 Å². The molecule has 0 radical (unpaired) electrons. The number of aromatic nitrogens is 2. The highest BCUT2D eigenvalue weighted by atomic mass is 16.1. The zero-order valence-corrected chi connectivity index (χ0v) is 13.4. The van der Waals surface area contributed by atoms with E-state index in [-0.39, 0.29) is 17.3 Å². The van der Waals surface area contributed by atoms with E-state index in [1.54, 1.807) is 0 Å². The minimum absolute atomic E-state index is 0.122. The second kappa shape index (κ2) is 7.16. The smallest absolute Gasteiger partial charge is 0.253 e. The Morgan fingerprint density at radius 2 is 2.04 bits per heavy atom. The van der Waals surface area contributed by atoms with Crippen LogP contribution < -0.4 is 21.5 Å². The van der Waals surface area contributed by atoms with E-state index in [1.807, 2.05) is 24.3 Å². The zero-order valence-electron chi connectivity index (χ0n) is 13.4. The van der Waals surface area contributed by atoms with Crippen molar-refractivity contribution in [2.45, 2.75) is 19.3 Å². The Kier molecular flexibility index (Phi) is 4.79. The van der Waals surface area contributed by atoms with Gasteiger partial charge in [0.1, 0.15) is 11.6 Å². The first-order valence-electron chi connectivity index (χ1n) is 8.11. The topological polar surface area (TPSA) is 104 Å². The first-order chi connectivity index (χ1) is 11.6. The van der Waals surface area contributed by atoms with Crippen molar-refractivity contribution in [1.29, 1.82) is 0 Å². The van der Waals surface area contributed by atoms with Gasteiger partial charge in [0.25, 0.3) is 11.5 Å². The molecule has 0 spiro atoms. The standard InChI is InChI=1S/C17H21N5O2/c18-14-11-16(23)21-15(20-14)7-8-19-17(24)12-5-1-2-6-13(12)22-9-3-4-10-22/h1-2,5-6,11H,3-4,7-10H2,(H,19,24)(H3,18,20,21,23). The summed E-state index contributed by atoms with van der Waals surface area (Å²) < 4.78 is 0. The van der Waals surface area contributed by atoms with Gasteiger partial charge >= 0.3 is 0 Å². The number of rotatable bonds is 5. The molecule has 4 N–H and O–H groups in total. The maximum Gasteiger partial charge on any atom is 0.253 e. The van der Waals surface area contributed by atoms with Gasteiger partial charge in [-0.05, 0) is 25.0 Å². The summed E-state index contributed by atoms with van der Waals surface area (Å²) in [4.78, 5) is 32.7. The third kappa shape index (κ3) is 3.73. The van der Waals surface area contributed by atoms with Gasteiger partial charge in [-0.15, -0.1) is 0 Å². The largest absolute Gasteiger partial charge is 0.383 e. The molecule has 126 valence electrons. The van der Waals surface area contributed by atoms with Gasteiger partial charge in [0.2, 0.25) is 0 Å². The summed E-state index contributed by atoms with van der Waals surface area (Å²) in [6, 6.07) is 8.87. The van der Waals surface area contributed by atoms with Crippen molar-refractivity contribution in [1.82, 2.24) is 15.3 Å². The second-order valence-electron chi connectivity index (χ2n) is 5.83. The molecule has 2 aromatic rings. The number of carbonyl (C=O) groups excluding carboxylic acids is 1. The van der Waals surface area contributed by atoms with Gasteiger partial charge in [0, 0.05) is 37.8 Å². The molecule has 0 unspecified atom stereocenters. The number of carbonyl (C=O) groups is 1. The SMILES string of the molecule is Nc1cc(=O)[nH]c(CCNC(=O)c2ccccc2N2CCCC2)n1. The van der Waals surface area contributed by atoms with E-state index in [4.69, 9.17) is 5.73 Å². The first kappa shape index (κ1) is 16.0. The van der Waals surface area contributed by atoms with Crippen LogP contribution in [0, 0.1) is 0 Å². The second-order valence-corrected chi connectivity index (χ2v) is 5.83. The summed E-state index contributed by atoms with van der Waals surface area (Å²) in [5, 5.41) is 2.88. The molecule has 0 aliphatic carbocycles. The summed E-state index contributed by atoms with van der Waals surface area (Å²) >= 11 is 0. The average Bonchev–Trinajstić information content (AvgIpc) is 3.08. The highest BCUT2D eigenvalue weighted by Gasteiger charge is 2.18. The quantitative estimate of drug-likeness (QED) is 0.758. The van der Waals surface area contributed by atoms with Gasteiger partial charge in [0.15, 0.2) is 0 Å². The number of para-hydroxylation sites is 1. The van der Waals surface area contributed by atoms with E-state index >= 15 is 0 Å². The Balaban J connectivity index is 1.64. The van der Waals surface area contributed by atoms with E-state index in [9.17, 15) is 9.59 Å². The fraction of sp³-hybridized carbons (Fsp3) is 0.353. The highest BCUT2D eigenvalue weighted by Crippen LogP contribution is 2.24. The van der Waals surface area contributed by atoms with Crippen LogP contribution in [0.2, 0.25) is 0 Å². The number of nitrogen functional groups attached to an aromatic ring is 1. The third-order valence-corrected chi connectivity index (χ3v) is 4.05. The molecule has 24 heavy (non-hydrogen) atoms. The summed E-state index contributed by atoms with van der Waals surface area (Å²) in [5.74, 6) is 0.524. The van der Waals surface area contributed by atoms with E-state index in [1.165, 1.54) is 6.07 Å². The molecule has 1 fully saturated rings. The lowest BCUT2D eigenvalue weighted by Crippen LogP contribution is -2.29. The van der Waals surface area contributed by atoms with Crippen molar-refractivity contribution in [3.05, 3.63) is 52.1 Å². The molecule has 0 atom stereocenters. The maximum atomic E-state index is 12.5. The van der Waals surface area contributed by atoms with Gasteiger partial charge in [-0.3, -0.25) is 9.59 Å². The number of nitrogens with zero attached hydrogens (tertiary/aromatic N) is 2. The van der Waals surface area contributed by atoms with Crippen molar-refractivity contribution in [2.24, 2.45) is 0 Å². The lowest BCUT2D eigenvalue weighted by atomic mass is 10.1. The molecular weight excluding hydrogens is 306 g/mol. The predicted molar refractivity (Wildman–Crippen MR) is 93.2 cm³/mol. The molecule has 7 nitrogen and oxygen atoms in total. The molecule has 1 saturated heterocycles. The minimum atomic E-state index is -0.289. The number of benzene rings is 1. The van der Waals surface area contributed by atoms with E-state index in [2.05, 4.69) is 20.2 Å². The number of nitrogens with two attached hydrogens (primary N) is 1. The van der Waals surface area contributed by atoms with Crippen LogP contribution in [0.1, 0.15) is 29.0 Å². The van der Waals surface area contributed by atoms with Crippen LogP contribution in [0.4, 0.5) is 11.5 Å². The van der Waals surface area contributed by atoms with Crippen molar-refractivity contribution >= 4 is 17.4 Å². The number of anilines is 2. The molecule has 0 bridgehead atoms. The van der Waals surface area contributed by atoms with Gasteiger partial charge < -0.3 is 20.9 Å². The van der Waals surface area contributed by atoms with Crippen LogP contribution in [0.3, 0.4) is 0 Å². The molecular formula is C17H21N5O2. The Morgan fingerprint density at radius 1 is 1.29 bits per heavy atom. The molecule has 1 amide bonds. The summed E-state index contributed by atoms with van der Waals surface area (Å²) in [7, 11) is 0. The lowest BCUT2D eigenvalue weighted by Gasteiger charge is -2.20. The van der Waals surface area contributed by atoms with Crippen LogP contribution in [-0.2, 0) is 6.42 Å². The molecule has 1 aromatic heterocycles. The van der Waals surface area contributed by atoms with Crippen molar-refractivity contribution in [3.63, 3.8) is 0 Å². The Bertz CT molecular complexity index is 781. The number of hydrogen-bond donors (Lipinski definition) is 3. The Morgan fingerprint density at radius 3 is 2.79 bits per heavy atom. The van der Waals surface area contributed by atoms with Crippen molar-refractivity contribution in [3.8, 4) is 0 Å². The van der Waals surface area contributed by atoms with Gasteiger partial charge in [-0.1, -0.05) is 12.1 Å². The van der Waals surface area contributed by atoms with Crippen molar-refractivity contribution < 1.29 is 4.79 Å². The molecule has 1 aliphatic heterocycles. The Labute approximate surface area is 139 Å². The average molecular weight is 327 g/mol. The monoisotopic (exact) mass is 327 g/mol. The molecule has 1 aromatic carbocycles. The molecule has 0 saturated carbocycles. The predicted octanol–water partition coefficient (Wildman–Crippen LogP) is 0.925. The van der Waals surface area contributed by atoms with Crippen LogP contribution in [0.15, 0.2) is 35.1 Å². The van der Waals surface area contributed by atoms with Crippen LogP contribution in [0.5, 0.6) is 0 Å². The van der Waals surface area contributed by atoms with E-state index in [0.717, 1.165) is 31.6 Å². The number of nitrogens with one attached hydrogen (secondary N) is 2. The zero-order chi connectivity index (χ0) is 16.9. The van der Waals surface area contributed by atoms with Crippen molar-refractivity contribution in [2.75, 3.05) is 30.3 Å². The number of hydrogen-bond acceptors (Lipinski definition) is 5. The Hall–Kier alpha value is -2.83. The molecule has 1 aliphatic rings. The minimum Gasteiger partial charge on any atom is -0.383 e. The maximum absolute atomic E-state index is 12.5. The normalized spacial score (nSPS) is 13.9. The van der Waals surface area contributed by atoms with Gasteiger partial charge in [-0.25, -0.2) is 4.98 Å². The molecule has 3 rings (SSSR count). The molecule has 2 heterocycles. The van der Waals surface area contributed by atoms with Crippen LogP contribution in [-0.4, -0.2) is 35.5 Å². The third-order valence-electron chi connectivity index (χ3n) is 4.05. The molecule has 7 heteroatoms. The number of aromatic amines is 1. The van der Waals surface area contributed by atoms with E-state index < -0.39 is 0 Å². The number of H-pyrrole nitrogens is 1. The van der Waals surface area contributed by atoms with Crippen LogP contribution in [0.25, 0.3) is 0 Å². The fourth-order valence-electron chi connectivity index (χ4n) is 2.94. The summed E-state index contributed by atoms with van der Waals surface area (Å²) in [5.41, 5.74) is 6.91. The number of amides is 1. The lowest BCUT2D eigenvalue weighted by molar-refractivity contribution is 0.0954. The fourth-order valence-corrected chi connectivity index (χ4v) is 2.94. The summed E-state index contributed by atoms with van der Waals surface area (Å²) in [6.45, 7) is 2.34.